The smallest absolute Gasteiger partial charge is 0.312 e. The lowest BCUT2D eigenvalue weighted by molar-refractivity contribution is 1.11. The third-order valence-electron chi connectivity index (χ3n) is 3.11. The molecular weight excluding hydrogens is 210 g/mol. The maximum atomic E-state index is 4.45. The van der Waals surface area contributed by atoms with Crippen molar-refractivity contribution in [2.75, 3.05) is 0 Å². The van der Waals surface area contributed by atoms with Gasteiger partial charge in [0.1, 0.15) is 5.36 Å². The van der Waals surface area contributed by atoms with Gasteiger partial charge in [-0.05, 0) is 18.2 Å². The number of nitrogens with zero attached hydrogens (tertiary/aromatic N) is 2. The van der Waals surface area contributed by atoms with Crippen molar-refractivity contribution in [3.05, 3.63) is 59.5 Å². The number of benzene rings is 2. The fourth-order valence-corrected chi connectivity index (χ4v) is 2.37. The number of aromatic nitrogens is 1. The lowest BCUT2D eigenvalue weighted by Crippen LogP contribution is -2.31. The van der Waals surface area contributed by atoms with Crippen LogP contribution in [0.25, 0.3) is 21.8 Å². The van der Waals surface area contributed by atoms with Gasteiger partial charge in [0, 0.05) is 10.9 Å². The predicted molar refractivity (Wildman–Crippen MR) is 67.0 cm³/mol. The molecule has 0 fully saturated rings. The van der Waals surface area contributed by atoms with Crippen LogP contribution in [0.5, 0.6) is 0 Å². The summed E-state index contributed by atoms with van der Waals surface area (Å²) in [6, 6.07) is 12.3. The summed E-state index contributed by atoms with van der Waals surface area (Å²) in [4.78, 5) is 12.2. The zero-order valence-corrected chi connectivity index (χ0v) is 9.01. The molecule has 0 saturated carbocycles. The van der Waals surface area contributed by atoms with Crippen molar-refractivity contribution < 1.29 is 0 Å². The van der Waals surface area contributed by atoms with Gasteiger partial charge in [-0.25, -0.2) is 4.99 Å². The lowest BCUT2D eigenvalue weighted by Gasteiger charge is -1.88. The summed E-state index contributed by atoms with van der Waals surface area (Å²) in [5, 5.41) is 4.26. The molecule has 1 N–H and O–H groups in total. The standard InChI is InChI=1S/C14H9N3/c1-2-4-10-9(3-1)13-11(17-10)5-6-12-14(13)16-8-7-15-12/h1-8,17H/q+1. The molecule has 1 aliphatic heterocycles. The number of aromatic amines is 1. The molecule has 0 amide bonds. The van der Waals surface area contributed by atoms with E-state index in [-0.39, 0.29) is 0 Å². The Hall–Kier alpha value is -2.42. The average Bonchev–Trinajstić information content (AvgIpc) is 2.77. The first kappa shape index (κ1) is 8.70. The van der Waals surface area contributed by atoms with E-state index < -0.39 is 0 Å². The van der Waals surface area contributed by atoms with Crippen molar-refractivity contribution in [2.24, 2.45) is 4.99 Å². The van der Waals surface area contributed by atoms with Crippen molar-refractivity contribution in [1.29, 1.82) is 0 Å². The minimum absolute atomic E-state index is 0.935. The van der Waals surface area contributed by atoms with E-state index in [4.69, 9.17) is 0 Å². The molecule has 0 spiro atoms. The molecule has 3 aromatic rings. The van der Waals surface area contributed by atoms with Gasteiger partial charge in [-0.3, -0.25) is 0 Å². The maximum absolute atomic E-state index is 4.45. The van der Waals surface area contributed by atoms with E-state index in [2.05, 4.69) is 33.2 Å². The van der Waals surface area contributed by atoms with Gasteiger partial charge in [0.15, 0.2) is 0 Å². The molecule has 3 heteroatoms. The maximum Gasteiger partial charge on any atom is 0.312 e. The predicted octanol–water partition coefficient (Wildman–Crippen LogP) is 1.38. The molecule has 79 valence electrons. The first-order valence-corrected chi connectivity index (χ1v) is 5.53. The number of fused-ring (bicyclic) bond motifs is 5. The molecule has 1 aliphatic rings. The number of hydrogen-bond donors (Lipinski definition) is 1. The number of hydrogen-bond acceptors (Lipinski definition) is 2. The summed E-state index contributed by atoms with van der Waals surface area (Å²) in [5.41, 5.74) is 2.25. The SMILES string of the molecule is C1=C[N+]=c2c(ccc3[nH]c4ccccc4c23)=N1. The van der Waals surface area contributed by atoms with Gasteiger partial charge >= 0.3 is 5.36 Å². The van der Waals surface area contributed by atoms with Crippen LogP contribution in [0.2, 0.25) is 0 Å². The number of H-pyrrole nitrogens is 1. The van der Waals surface area contributed by atoms with Crippen LogP contribution in [0.15, 0.2) is 53.8 Å². The lowest BCUT2D eigenvalue weighted by atomic mass is 10.1. The summed E-state index contributed by atoms with van der Waals surface area (Å²) < 4.78 is 0. The highest BCUT2D eigenvalue weighted by molar-refractivity contribution is 6.06. The number of rotatable bonds is 0. The molecule has 1 aromatic heterocycles. The zero-order valence-electron chi connectivity index (χ0n) is 9.01. The Morgan fingerprint density at radius 1 is 1.00 bits per heavy atom. The third-order valence-corrected chi connectivity index (χ3v) is 3.11. The van der Waals surface area contributed by atoms with E-state index >= 15 is 0 Å². The second-order valence-corrected chi connectivity index (χ2v) is 4.08. The van der Waals surface area contributed by atoms with Gasteiger partial charge in [0.2, 0.25) is 0 Å². The van der Waals surface area contributed by atoms with Crippen molar-refractivity contribution in [2.45, 2.75) is 0 Å². The molecule has 0 bridgehead atoms. The molecule has 0 saturated heterocycles. The Kier molecular flexibility index (Phi) is 1.56. The monoisotopic (exact) mass is 219 g/mol. The Morgan fingerprint density at radius 3 is 2.94 bits per heavy atom. The number of nitrogens with one attached hydrogen (secondary N) is 1. The van der Waals surface area contributed by atoms with Crippen molar-refractivity contribution in [3.63, 3.8) is 0 Å². The molecular formula is C14H9N3+. The van der Waals surface area contributed by atoms with E-state index in [9.17, 15) is 0 Å². The second kappa shape index (κ2) is 3.04. The van der Waals surface area contributed by atoms with E-state index in [1.165, 1.54) is 5.39 Å². The first-order valence-electron chi connectivity index (χ1n) is 5.53. The fraction of sp³-hybridized carbons (Fsp3) is 0. The van der Waals surface area contributed by atoms with Crippen LogP contribution >= 0.6 is 0 Å². The molecule has 0 unspecified atom stereocenters. The minimum Gasteiger partial charge on any atom is -0.354 e. The Bertz CT molecular complexity index is 885. The highest BCUT2D eigenvalue weighted by atomic mass is 14.8. The first-order chi connectivity index (χ1) is 8.43. The van der Waals surface area contributed by atoms with Gasteiger partial charge in [-0.15, -0.1) is 0 Å². The highest BCUT2D eigenvalue weighted by Gasteiger charge is 2.13. The molecule has 2 aromatic carbocycles. The quantitative estimate of drug-likeness (QED) is 0.593. The highest BCUT2D eigenvalue weighted by Crippen LogP contribution is 2.20. The summed E-state index contributed by atoms with van der Waals surface area (Å²) >= 11 is 0. The van der Waals surface area contributed by atoms with Crippen LogP contribution in [0.4, 0.5) is 0 Å². The summed E-state index contributed by atoms with van der Waals surface area (Å²) in [7, 11) is 0. The normalized spacial score (nSPS) is 13.4. The average molecular weight is 219 g/mol. The van der Waals surface area contributed by atoms with Crippen LogP contribution in [-0.2, 0) is 0 Å². The van der Waals surface area contributed by atoms with Crippen LogP contribution in [0.3, 0.4) is 0 Å². The van der Waals surface area contributed by atoms with Gasteiger partial charge < -0.3 is 4.98 Å². The fourth-order valence-electron chi connectivity index (χ4n) is 2.37. The third kappa shape index (κ3) is 1.11. The largest absolute Gasteiger partial charge is 0.354 e. The summed E-state index contributed by atoms with van der Waals surface area (Å²) in [6.45, 7) is 0. The van der Waals surface area contributed by atoms with Gasteiger partial charge in [0.05, 0.1) is 22.1 Å². The molecule has 0 atom stereocenters. The van der Waals surface area contributed by atoms with Crippen molar-refractivity contribution in [1.82, 2.24) is 9.98 Å². The molecule has 2 heterocycles. The topological polar surface area (TPSA) is 42.2 Å². The molecule has 3 nitrogen and oxygen atoms in total. The Balaban J connectivity index is 2.40. The Morgan fingerprint density at radius 2 is 1.94 bits per heavy atom. The van der Waals surface area contributed by atoms with Crippen LogP contribution in [0, 0.1) is 0 Å². The van der Waals surface area contributed by atoms with E-state index in [1.54, 1.807) is 12.4 Å². The zero-order chi connectivity index (χ0) is 11.2. The van der Waals surface area contributed by atoms with Crippen molar-refractivity contribution >= 4 is 21.8 Å². The van der Waals surface area contributed by atoms with Gasteiger partial charge in [0.25, 0.3) is 6.20 Å². The van der Waals surface area contributed by atoms with Crippen LogP contribution in [0.1, 0.15) is 0 Å². The van der Waals surface area contributed by atoms with Crippen LogP contribution < -0.4 is 15.7 Å². The van der Waals surface area contributed by atoms with E-state index in [0.717, 1.165) is 27.1 Å². The van der Waals surface area contributed by atoms with E-state index in [0.29, 0.717) is 0 Å². The molecule has 17 heavy (non-hydrogen) atoms. The minimum atomic E-state index is 0.935. The molecule has 1 radical (unpaired) electrons. The van der Waals surface area contributed by atoms with Gasteiger partial charge in [-0.1, -0.05) is 18.2 Å². The second-order valence-electron chi connectivity index (χ2n) is 4.08. The summed E-state index contributed by atoms with van der Waals surface area (Å²) in [6.07, 6.45) is 3.46. The summed E-state index contributed by atoms with van der Waals surface area (Å²) in [5.74, 6) is 0. The molecule has 4 rings (SSSR count). The molecule has 0 aliphatic carbocycles. The van der Waals surface area contributed by atoms with Gasteiger partial charge in [-0.2, -0.15) is 0 Å². The van der Waals surface area contributed by atoms with Crippen molar-refractivity contribution in [3.8, 4) is 0 Å². The number of para-hydroxylation sites is 1. The Labute approximate surface area is 96.8 Å². The van der Waals surface area contributed by atoms with Crippen LogP contribution in [-0.4, -0.2) is 4.98 Å². The van der Waals surface area contributed by atoms with E-state index in [1.807, 2.05) is 18.2 Å².